The van der Waals surface area contributed by atoms with E-state index in [2.05, 4.69) is 27.7 Å². The number of hydrogen-bond donors (Lipinski definition) is 1. The summed E-state index contributed by atoms with van der Waals surface area (Å²) in [4.78, 5) is 25.6. The average Bonchev–Trinajstić information content (AvgIpc) is 3.21. The molecule has 2 bridgehead atoms. The normalized spacial score (nSPS) is 52.6. The number of ketones is 1. The summed E-state index contributed by atoms with van der Waals surface area (Å²) in [5.74, 6) is -1.61. The number of Topliss-reactive ketones (excluding diaryl/α,β-unsaturated/α-hetero) is 1. The third-order valence-electron chi connectivity index (χ3n) is 9.04. The van der Waals surface area contributed by atoms with Crippen LogP contribution in [0.2, 0.25) is 0 Å². The second kappa shape index (κ2) is 6.64. The van der Waals surface area contributed by atoms with Crippen molar-refractivity contribution in [1.29, 1.82) is 0 Å². The first kappa shape index (κ1) is 21.6. The molecule has 6 heteroatoms. The van der Waals surface area contributed by atoms with Crippen molar-refractivity contribution < 1.29 is 28.9 Å². The van der Waals surface area contributed by atoms with Crippen LogP contribution in [0.4, 0.5) is 0 Å². The molecule has 3 heterocycles. The second-order valence-electron chi connectivity index (χ2n) is 11.5. The summed E-state index contributed by atoms with van der Waals surface area (Å²) in [6.07, 6.45) is 3.64. The summed E-state index contributed by atoms with van der Waals surface area (Å²) < 4.78 is 18.9. The van der Waals surface area contributed by atoms with Gasteiger partial charge < -0.3 is 19.3 Å². The molecule has 4 fully saturated rings. The van der Waals surface area contributed by atoms with Gasteiger partial charge in [-0.25, -0.2) is 4.79 Å². The van der Waals surface area contributed by atoms with Gasteiger partial charge in [-0.2, -0.15) is 0 Å². The van der Waals surface area contributed by atoms with Crippen molar-refractivity contribution >= 4 is 11.8 Å². The zero-order valence-electron chi connectivity index (χ0n) is 19.5. The number of cyclic esters (lactones) is 1. The fourth-order valence-corrected chi connectivity index (χ4v) is 7.93. The van der Waals surface area contributed by atoms with E-state index in [9.17, 15) is 14.7 Å². The lowest BCUT2D eigenvalue weighted by Crippen LogP contribution is -2.72. The van der Waals surface area contributed by atoms with Gasteiger partial charge in [-0.3, -0.25) is 4.79 Å². The van der Waals surface area contributed by atoms with Crippen molar-refractivity contribution in [2.75, 3.05) is 0 Å². The highest BCUT2D eigenvalue weighted by molar-refractivity contribution is 5.89. The van der Waals surface area contributed by atoms with E-state index in [-0.39, 0.29) is 53.6 Å². The Kier molecular flexibility index (Phi) is 4.63. The largest absolute Gasteiger partial charge is 0.455 e. The Balaban J connectivity index is 1.55. The van der Waals surface area contributed by atoms with Crippen molar-refractivity contribution in [1.82, 2.24) is 0 Å². The molecule has 0 spiro atoms. The smallest absolute Gasteiger partial charge is 0.331 e. The molecule has 0 unspecified atom stereocenters. The standard InChI is InChI=1S/C25H36O6/c1-12(2)11-24-25(28)15(5)20-17(30-24)9-14(4)19(20)21(27)22(25)23(6,31-24)8-7-16-13(3)10-18(26)29-16/h10,12,14-17,19-20,22,28H,7-9,11H2,1-6H3/t14-,15+,16+,17-,19+,20-,22-,23-,24+,25+/m0/s1. The maximum absolute atomic E-state index is 14.0. The Hall–Kier alpha value is -1.24. The Labute approximate surface area is 184 Å². The van der Waals surface area contributed by atoms with Crippen molar-refractivity contribution in [2.45, 2.75) is 96.4 Å². The van der Waals surface area contributed by atoms with Gasteiger partial charge in [0.05, 0.1) is 17.6 Å². The molecule has 1 N–H and O–H groups in total. The van der Waals surface area contributed by atoms with Crippen molar-refractivity contribution in [2.24, 2.45) is 35.5 Å². The lowest BCUT2D eigenvalue weighted by atomic mass is 9.52. The van der Waals surface area contributed by atoms with Crippen LogP contribution in [0.5, 0.6) is 0 Å². The lowest BCUT2D eigenvalue weighted by molar-refractivity contribution is -0.369. The third-order valence-corrected chi connectivity index (χ3v) is 9.04. The fourth-order valence-electron chi connectivity index (χ4n) is 7.93. The molecule has 2 saturated heterocycles. The van der Waals surface area contributed by atoms with Gasteiger partial charge in [0.25, 0.3) is 0 Å². The monoisotopic (exact) mass is 432 g/mol. The minimum atomic E-state index is -1.35. The minimum absolute atomic E-state index is 0.0518. The van der Waals surface area contributed by atoms with E-state index in [4.69, 9.17) is 14.2 Å². The van der Waals surface area contributed by atoms with Crippen LogP contribution in [0.15, 0.2) is 11.6 Å². The van der Waals surface area contributed by atoms with E-state index in [1.165, 1.54) is 6.08 Å². The molecule has 0 amide bonds. The second-order valence-corrected chi connectivity index (χ2v) is 11.5. The van der Waals surface area contributed by atoms with Crippen LogP contribution in [-0.4, -0.2) is 46.1 Å². The van der Waals surface area contributed by atoms with Crippen LogP contribution < -0.4 is 0 Å². The first-order valence-corrected chi connectivity index (χ1v) is 12.0. The van der Waals surface area contributed by atoms with Crippen molar-refractivity contribution in [3.63, 3.8) is 0 Å². The number of hydrogen-bond acceptors (Lipinski definition) is 6. The number of rotatable bonds is 5. The molecule has 2 aliphatic carbocycles. The molecule has 0 aromatic heterocycles. The molecule has 0 aromatic rings. The Morgan fingerprint density at radius 3 is 2.58 bits per heavy atom. The van der Waals surface area contributed by atoms with Gasteiger partial charge in [0, 0.05) is 24.3 Å². The fraction of sp³-hybridized carbons (Fsp3) is 0.840. The highest BCUT2D eigenvalue weighted by atomic mass is 16.7. The number of carbonyl (C=O) groups excluding carboxylic acids is 2. The number of carbonyl (C=O) groups is 2. The van der Waals surface area contributed by atoms with E-state index < -0.39 is 22.9 Å². The number of esters is 1. The van der Waals surface area contributed by atoms with E-state index in [0.717, 1.165) is 12.0 Å². The number of aliphatic hydroxyl groups is 1. The van der Waals surface area contributed by atoms with Gasteiger partial charge in [0.2, 0.25) is 0 Å². The maximum atomic E-state index is 14.0. The zero-order valence-corrected chi connectivity index (χ0v) is 19.5. The van der Waals surface area contributed by atoms with Crippen LogP contribution >= 0.6 is 0 Å². The van der Waals surface area contributed by atoms with Crippen LogP contribution in [0.3, 0.4) is 0 Å². The number of ether oxygens (including phenoxy) is 3. The summed E-state index contributed by atoms with van der Waals surface area (Å²) >= 11 is 0. The van der Waals surface area contributed by atoms with Crippen molar-refractivity contribution in [3.8, 4) is 0 Å². The zero-order chi connectivity index (χ0) is 22.5. The van der Waals surface area contributed by atoms with Crippen LogP contribution in [0.1, 0.15) is 67.2 Å². The molecule has 31 heavy (non-hydrogen) atoms. The first-order chi connectivity index (χ1) is 14.4. The van der Waals surface area contributed by atoms with Crippen LogP contribution in [-0.2, 0) is 23.8 Å². The first-order valence-electron chi connectivity index (χ1n) is 12.0. The Morgan fingerprint density at radius 1 is 1.26 bits per heavy atom. The molecule has 5 rings (SSSR count). The average molecular weight is 433 g/mol. The molecular weight excluding hydrogens is 396 g/mol. The van der Waals surface area contributed by atoms with Gasteiger partial charge in [-0.05, 0) is 56.4 Å². The van der Waals surface area contributed by atoms with E-state index >= 15 is 0 Å². The summed E-state index contributed by atoms with van der Waals surface area (Å²) in [5.41, 5.74) is -1.33. The van der Waals surface area contributed by atoms with Gasteiger partial charge in [-0.15, -0.1) is 0 Å². The lowest BCUT2D eigenvalue weighted by Gasteiger charge is -2.58. The summed E-state index contributed by atoms with van der Waals surface area (Å²) in [5, 5.41) is 12.3. The molecule has 10 atom stereocenters. The minimum Gasteiger partial charge on any atom is -0.455 e. The predicted octanol–water partition coefficient (Wildman–Crippen LogP) is 3.41. The SMILES string of the molecule is CC1=CC(=O)O[C@@H]1CC[C@]1(C)O[C@@]2(CC(C)C)O[C@H]3C[C@H](C)[C@H]4C(=O)[C@@H]1[C@]2(O)[C@H](C)[C@H]43. The topological polar surface area (TPSA) is 82.1 Å². The van der Waals surface area contributed by atoms with Crippen molar-refractivity contribution in [3.05, 3.63) is 11.6 Å². The Morgan fingerprint density at radius 2 is 1.97 bits per heavy atom. The molecule has 5 aliphatic rings. The molecule has 0 radical (unpaired) electrons. The highest BCUT2D eigenvalue weighted by Gasteiger charge is 2.81. The van der Waals surface area contributed by atoms with Gasteiger partial charge in [-0.1, -0.05) is 27.7 Å². The highest BCUT2D eigenvalue weighted by Crippen LogP contribution is 2.69. The van der Waals surface area contributed by atoms with E-state index in [1.54, 1.807) is 0 Å². The summed E-state index contributed by atoms with van der Waals surface area (Å²) in [6, 6.07) is 0. The summed E-state index contributed by atoms with van der Waals surface area (Å²) in [7, 11) is 0. The molecule has 0 aromatic carbocycles. The predicted molar refractivity (Wildman–Crippen MR) is 113 cm³/mol. The van der Waals surface area contributed by atoms with E-state index in [1.807, 2.05) is 13.8 Å². The van der Waals surface area contributed by atoms with Gasteiger partial charge in [0.15, 0.2) is 5.79 Å². The summed E-state index contributed by atoms with van der Waals surface area (Å²) in [6.45, 7) is 12.3. The molecule has 3 aliphatic heterocycles. The van der Waals surface area contributed by atoms with Gasteiger partial charge in [0.1, 0.15) is 17.5 Å². The van der Waals surface area contributed by atoms with Crippen LogP contribution in [0, 0.1) is 35.5 Å². The van der Waals surface area contributed by atoms with E-state index in [0.29, 0.717) is 19.3 Å². The Bertz CT molecular complexity index is 849. The maximum Gasteiger partial charge on any atom is 0.331 e. The quantitative estimate of drug-likeness (QED) is 0.671. The molecular formula is C25H36O6. The van der Waals surface area contributed by atoms with Gasteiger partial charge >= 0.3 is 5.97 Å². The molecule has 2 saturated carbocycles. The third kappa shape index (κ3) is 2.67. The van der Waals surface area contributed by atoms with Crippen LogP contribution in [0.25, 0.3) is 0 Å². The molecule has 6 nitrogen and oxygen atoms in total. The molecule has 172 valence electrons.